The SMILES string of the molecule is O=S(=O)(O)c1cc(S(=O)(=O)NC2C(O)OC(CO)[C@H](O)[C@@H]2O)ccc1C1=c2cc3c4c(c2Oc2c1cc1c5c2CCCN5CCC1)CCC[N+]=4CCC3. The van der Waals surface area contributed by atoms with Gasteiger partial charge in [-0.2, -0.15) is 8.42 Å². The molecule has 0 saturated carbocycles. The molecule has 6 N–H and O–H groups in total. The third kappa shape index (κ3) is 5.64. The number of ether oxygens (including phenoxy) is 2. The number of aliphatic hydroxyl groups is 4. The standard InChI is InChI=1S/C37H41N3O11S2/c41-18-27-33(42)34(43)30(37(44)50-27)38-52(45,46)21-9-10-22(28(17-21)53(47,48)49)29-25-15-19-5-1-11-39-13-3-7-23(31(19)39)35(25)51-36-24-8-4-14-40-12-2-6-20(32(24)40)16-26(29)36/h9-10,15-17,27,30,33-34,37-38,41-44H,1-8,11-14,18H2/p+1/t27?,30?,33-,34+,37?/m0/s1. The lowest BCUT2D eigenvalue weighted by Gasteiger charge is -2.40. The van der Waals surface area contributed by atoms with Crippen molar-refractivity contribution in [3.8, 4) is 11.5 Å². The van der Waals surface area contributed by atoms with E-state index in [9.17, 15) is 41.8 Å². The second kappa shape index (κ2) is 12.8. The van der Waals surface area contributed by atoms with Crippen LogP contribution in [0.2, 0.25) is 0 Å². The molecule has 14 nitrogen and oxygen atoms in total. The molecule has 3 aromatic rings. The van der Waals surface area contributed by atoms with Gasteiger partial charge in [-0.25, -0.2) is 17.7 Å². The Bertz CT molecular complexity index is 2410. The first-order valence-corrected chi connectivity index (χ1v) is 21.2. The number of sulfonamides is 1. The Balaban J connectivity index is 1.27. The van der Waals surface area contributed by atoms with Crippen molar-refractivity contribution < 1.29 is 51.3 Å². The molecule has 3 unspecified atom stereocenters. The van der Waals surface area contributed by atoms with Gasteiger partial charge in [0.25, 0.3) is 10.1 Å². The summed E-state index contributed by atoms with van der Waals surface area (Å²) in [7, 11) is -9.78. The Morgan fingerprint density at radius 2 is 1.55 bits per heavy atom. The summed E-state index contributed by atoms with van der Waals surface area (Å²) in [6.45, 7) is 3.03. The van der Waals surface area contributed by atoms with Crippen LogP contribution in [0.5, 0.6) is 11.5 Å². The Morgan fingerprint density at radius 1 is 0.830 bits per heavy atom. The third-order valence-corrected chi connectivity index (χ3v) is 14.0. The molecule has 0 amide bonds. The third-order valence-electron chi connectivity index (χ3n) is 11.7. The lowest BCUT2D eigenvalue weighted by molar-refractivity contribution is -0.251. The molecule has 6 aliphatic rings. The highest BCUT2D eigenvalue weighted by Crippen LogP contribution is 2.49. The number of aryl methyl sites for hydroxylation is 2. The van der Waals surface area contributed by atoms with Gasteiger partial charge in [0, 0.05) is 64.7 Å². The topological polar surface area (TPSA) is 206 Å². The Morgan fingerprint density at radius 3 is 2.30 bits per heavy atom. The predicted molar refractivity (Wildman–Crippen MR) is 191 cm³/mol. The van der Waals surface area contributed by atoms with Gasteiger partial charge < -0.3 is 34.8 Å². The molecule has 6 aliphatic heterocycles. The van der Waals surface area contributed by atoms with Gasteiger partial charge in [0.1, 0.15) is 53.8 Å². The molecule has 282 valence electrons. The largest absolute Gasteiger partial charge is 0.455 e. The molecule has 0 aliphatic carbocycles. The van der Waals surface area contributed by atoms with E-state index >= 15 is 0 Å². The molecule has 0 spiro atoms. The van der Waals surface area contributed by atoms with Crippen molar-refractivity contribution >= 4 is 31.4 Å². The summed E-state index contributed by atoms with van der Waals surface area (Å²) in [5, 5.41) is 42.7. The summed E-state index contributed by atoms with van der Waals surface area (Å²) in [5.41, 5.74) is 6.89. The van der Waals surface area contributed by atoms with Crippen LogP contribution in [0.25, 0.3) is 5.57 Å². The minimum atomic E-state index is -5.07. The van der Waals surface area contributed by atoms with Crippen LogP contribution in [-0.2, 0) is 50.6 Å². The number of anilines is 1. The number of hydrogen-bond donors (Lipinski definition) is 6. The minimum absolute atomic E-state index is 0.103. The molecule has 1 fully saturated rings. The van der Waals surface area contributed by atoms with Crippen molar-refractivity contribution in [2.45, 2.75) is 91.8 Å². The van der Waals surface area contributed by atoms with Crippen LogP contribution in [0.3, 0.4) is 0 Å². The number of nitrogens with one attached hydrogen (secondary N) is 1. The first-order valence-electron chi connectivity index (χ1n) is 18.2. The lowest BCUT2D eigenvalue weighted by Crippen LogP contribution is -2.64. The highest BCUT2D eigenvalue weighted by atomic mass is 32.2. The van der Waals surface area contributed by atoms with Crippen LogP contribution in [0.4, 0.5) is 5.69 Å². The van der Waals surface area contributed by atoms with Crippen molar-refractivity contribution in [1.82, 2.24) is 9.30 Å². The molecule has 0 aromatic heterocycles. The van der Waals surface area contributed by atoms with E-state index in [0.29, 0.717) is 27.9 Å². The molecule has 16 heteroatoms. The van der Waals surface area contributed by atoms with Gasteiger partial charge >= 0.3 is 0 Å². The first-order chi connectivity index (χ1) is 25.4. The molecule has 0 bridgehead atoms. The maximum atomic E-state index is 13.7. The molecule has 1 saturated heterocycles. The highest BCUT2D eigenvalue weighted by Gasteiger charge is 2.46. The quantitative estimate of drug-likeness (QED) is 0.108. The number of hydrogen-bond acceptors (Lipinski definition) is 11. The number of rotatable bonds is 6. The normalized spacial score (nSPS) is 26.3. The number of fused-ring (bicyclic) bond motifs is 4. The second-order valence-corrected chi connectivity index (χ2v) is 18.0. The van der Waals surface area contributed by atoms with Crippen LogP contribution < -0.4 is 29.5 Å². The Labute approximate surface area is 306 Å². The summed E-state index contributed by atoms with van der Waals surface area (Å²) < 4.78 is 81.6. The van der Waals surface area contributed by atoms with Gasteiger partial charge in [-0.3, -0.25) is 4.55 Å². The number of nitrogens with zero attached hydrogens (tertiary/aromatic N) is 2. The number of aliphatic hydroxyl groups excluding tert-OH is 4. The maximum Gasteiger partial charge on any atom is 0.295 e. The molecular formula is C37H42N3O11S2+. The molecule has 3 aromatic carbocycles. The van der Waals surface area contributed by atoms with Gasteiger partial charge in [0.2, 0.25) is 15.4 Å². The van der Waals surface area contributed by atoms with E-state index in [1.807, 2.05) is 0 Å². The first kappa shape index (κ1) is 35.3. The van der Waals surface area contributed by atoms with Gasteiger partial charge in [0.05, 0.1) is 17.1 Å². The zero-order valence-corrected chi connectivity index (χ0v) is 30.5. The molecule has 9 rings (SSSR count). The summed E-state index contributed by atoms with van der Waals surface area (Å²) in [6.07, 6.45) is 0.112. The molecule has 0 radical (unpaired) electrons. The van der Waals surface area contributed by atoms with E-state index in [0.717, 1.165) is 106 Å². The van der Waals surface area contributed by atoms with E-state index in [-0.39, 0.29) is 5.56 Å². The van der Waals surface area contributed by atoms with Crippen LogP contribution in [0, 0.1) is 0 Å². The zero-order chi connectivity index (χ0) is 37.0. The lowest BCUT2D eigenvalue weighted by atomic mass is 9.82. The van der Waals surface area contributed by atoms with Gasteiger partial charge in [-0.1, -0.05) is 6.07 Å². The van der Waals surface area contributed by atoms with Crippen LogP contribution in [0.15, 0.2) is 40.1 Å². The van der Waals surface area contributed by atoms with Gasteiger partial charge in [-0.05, 0) is 68.4 Å². The molecule has 5 atom stereocenters. The zero-order valence-electron chi connectivity index (χ0n) is 28.9. The number of benzene rings is 3. The monoisotopic (exact) mass is 768 g/mol. The van der Waals surface area contributed by atoms with Gasteiger partial charge in [-0.15, -0.1) is 0 Å². The van der Waals surface area contributed by atoms with E-state index in [2.05, 4.69) is 26.3 Å². The highest BCUT2D eigenvalue weighted by molar-refractivity contribution is 7.89. The van der Waals surface area contributed by atoms with Crippen molar-refractivity contribution in [3.05, 3.63) is 74.3 Å². The average Bonchev–Trinajstić information content (AvgIpc) is 3.14. The summed E-state index contributed by atoms with van der Waals surface area (Å²) in [6, 6.07) is 5.80. The maximum absolute atomic E-state index is 13.7. The summed E-state index contributed by atoms with van der Waals surface area (Å²) in [4.78, 5) is 1.18. The minimum Gasteiger partial charge on any atom is -0.455 e. The van der Waals surface area contributed by atoms with Gasteiger partial charge in [0.15, 0.2) is 6.29 Å². The summed E-state index contributed by atoms with van der Waals surface area (Å²) in [5.74, 6) is 1.31. The Kier molecular flexibility index (Phi) is 8.53. The van der Waals surface area contributed by atoms with E-state index in [1.54, 1.807) is 0 Å². The van der Waals surface area contributed by atoms with E-state index < -0.39 is 67.2 Å². The fourth-order valence-corrected chi connectivity index (χ4v) is 11.4. The fraction of sp³-hybridized carbons (Fsp3) is 0.486. The van der Waals surface area contributed by atoms with Crippen molar-refractivity contribution in [1.29, 1.82) is 0 Å². The summed E-state index contributed by atoms with van der Waals surface area (Å²) >= 11 is 0. The molecule has 6 heterocycles. The van der Waals surface area contributed by atoms with Crippen LogP contribution in [-0.4, -0.2) is 105 Å². The molecular weight excluding hydrogens is 727 g/mol. The molecule has 53 heavy (non-hydrogen) atoms. The Hall–Kier alpha value is -3.45. The van der Waals surface area contributed by atoms with Crippen LogP contribution >= 0.6 is 0 Å². The smallest absolute Gasteiger partial charge is 0.295 e. The van der Waals surface area contributed by atoms with E-state index in [1.165, 1.54) is 23.2 Å². The van der Waals surface area contributed by atoms with Crippen molar-refractivity contribution in [2.75, 3.05) is 37.7 Å². The van der Waals surface area contributed by atoms with E-state index in [4.69, 9.17) is 9.47 Å². The van der Waals surface area contributed by atoms with Crippen molar-refractivity contribution in [2.24, 2.45) is 0 Å². The average molecular weight is 769 g/mol. The van der Waals surface area contributed by atoms with Crippen molar-refractivity contribution in [3.63, 3.8) is 0 Å². The fourth-order valence-electron chi connectivity index (χ4n) is 9.36. The van der Waals surface area contributed by atoms with Crippen LogP contribution in [0.1, 0.15) is 59.1 Å². The second-order valence-electron chi connectivity index (χ2n) is 14.9. The predicted octanol–water partition coefficient (Wildman–Crippen LogP) is -0.553.